The number of aliphatic hydroxyl groups is 1. The number of ketones is 1. The lowest BCUT2D eigenvalue weighted by atomic mass is 9.86. The number of piperazine rings is 1. The number of nitrogens with one attached hydrogen (secondary N) is 1. The molecule has 0 radical (unpaired) electrons. The summed E-state index contributed by atoms with van der Waals surface area (Å²) >= 11 is 0. The maximum absolute atomic E-state index is 13.6. The van der Waals surface area contributed by atoms with Gasteiger partial charge in [0.15, 0.2) is 11.5 Å². The molecule has 4 aromatic rings. The van der Waals surface area contributed by atoms with E-state index >= 15 is 0 Å². The number of aliphatic hydroxyl groups excluding tert-OH is 1. The van der Waals surface area contributed by atoms with Gasteiger partial charge in [0.05, 0.1) is 36.1 Å². The zero-order valence-corrected chi connectivity index (χ0v) is 18.1. The quantitative estimate of drug-likeness (QED) is 0.412. The molecular formula is C25H24N4O4. The minimum atomic E-state index is -0.0347. The smallest absolute Gasteiger partial charge is 0.196 e. The first-order valence-electron chi connectivity index (χ1n) is 11.2. The first-order chi connectivity index (χ1) is 16.2. The molecule has 0 bridgehead atoms. The van der Waals surface area contributed by atoms with Gasteiger partial charge in [-0.1, -0.05) is 29.4 Å². The average molecular weight is 444 g/mol. The average Bonchev–Trinajstić information content (AvgIpc) is 3.53. The van der Waals surface area contributed by atoms with Gasteiger partial charge in [-0.25, -0.2) is 0 Å². The molecular weight excluding hydrogens is 420 g/mol. The van der Waals surface area contributed by atoms with Crippen molar-refractivity contribution in [3.05, 3.63) is 65.6 Å². The summed E-state index contributed by atoms with van der Waals surface area (Å²) < 4.78 is 11.3. The number of aromatic nitrogens is 1. The first-order valence-corrected chi connectivity index (χ1v) is 11.2. The number of benzene rings is 2. The summed E-state index contributed by atoms with van der Waals surface area (Å²) in [7, 11) is 0. The van der Waals surface area contributed by atoms with Crippen LogP contribution in [0, 0.1) is 0 Å². The minimum absolute atomic E-state index is 0.0347. The van der Waals surface area contributed by atoms with Crippen molar-refractivity contribution in [3.8, 4) is 11.3 Å². The molecule has 8 nitrogen and oxygen atoms in total. The van der Waals surface area contributed by atoms with Crippen molar-refractivity contribution >= 4 is 28.1 Å². The molecule has 3 heterocycles. The predicted octanol–water partition coefficient (Wildman–Crippen LogP) is 3.36. The van der Waals surface area contributed by atoms with Crippen LogP contribution in [0.2, 0.25) is 0 Å². The Hall–Kier alpha value is -3.62. The number of β-amino-alcohol motifs (C(OH)–C–C–N with tert-alkyl or cyclic N) is 1. The Morgan fingerprint density at radius 3 is 2.64 bits per heavy atom. The lowest BCUT2D eigenvalue weighted by Crippen LogP contribution is -2.47. The largest absolute Gasteiger partial charge is 0.467 e. The summed E-state index contributed by atoms with van der Waals surface area (Å²) in [6.45, 7) is 4.62. The Kier molecular flexibility index (Phi) is 4.89. The molecule has 0 amide bonds. The number of furan rings is 1. The molecule has 33 heavy (non-hydrogen) atoms. The van der Waals surface area contributed by atoms with E-state index in [0.29, 0.717) is 35.5 Å². The molecule has 2 N–H and O–H groups in total. The fourth-order valence-corrected chi connectivity index (χ4v) is 4.87. The predicted molar refractivity (Wildman–Crippen MR) is 125 cm³/mol. The number of hydrogen-bond acceptors (Lipinski definition) is 8. The highest BCUT2D eigenvalue weighted by atomic mass is 16.5. The fourth-order valence-electron chi connectivity index (χ4n) is 4.87. The molecule has 0 atom stereocenters. The normalized spacial score (nSPS) is 15.8. The Bertz CT molecular complexity index is 1320. The summed E-state index contributed by atoms with van der Waals surface area (Å²) in [5, 5.41) is 17.9. The topological polar surface area (TPSA) is 95.0 Å². The summed E-state index contributed by atoms with van der Waals surface area (Å²) in [6, 6.07) is 13.3. The highest BCUT2D eigenvalue weighted by Crippen LogP contribution is 2.46. The fraction of sp³-hybridized carbons (Fsp3) is 0.280. The van der Waals surface area contributed by atoms with Crippen molar-refractivity contribution in [1.82, 2.24) is 10.1 Å². The molecule has 0 unspecified atom stereocenters. The summed E-state index contributed by atoms with van der Waals surface area (Å²) in [4.78, 5) is 18.1. The van der Waals surface area contributed by atoms with E-state index in [1.807, 2.05) is 42.5 Å². The Morgan fingerprint density at radius 1 is 1.06 bits per heavy atom. The minimum Gasteiger partial charge on any atom is -0.467 e. The molecule has 2 aliphatic rings. The number of anilines is 2. The van der Waals surface area contributed by atoms with Crippen LogP contribution < -0.4 is 10.2 Å². The third kappa shape index (κ3) is 3.30. The van der Waals surface area contributed by atoms with Gasteiger partial charge in [0.25, 0.3) is 0 Å². The number of hydrogen-bond donors (Lipinski definition) is 2. The number of rotatable bonds is 6. The van der Waals surface area contributed by atoms with Gasteiger partial charge in [-0.15, -0.1) is 0 Å². The van der Waals surface area contributed by atoms with E-state index in [0.717, 1.165) is 54.3 Å². The highest BCUT2D eigenvalue weighted by molar-refractivity contribution is 6.28. The third-order valence-electron chi connectivity index (χ3n) is 6.54. The number of carbonyl (C=O) groups is 1. The molecule has 8 heteroatoms. The summed E-state index contributed by atoms with van der Waals surface area (Å²) in [6.07, 6.45) is 1.64. The number of fused-ring (bicyclic) bond motifs is 2. The maximum atomic E-state index is 13.6. The number of nitrogens with zero attached hydrogens (tertiary/aromatic N) is 3. The van der Waals surface area contributed by atoms with Crippen molar-refractivity contribution in [2.75, 3.05) is 49.5 Å². The molecule has 1 saturated heterocycles. The second-order valence-corrected chi connectivity index (χ2v) is 8.41. The molecule has 168 valence electrons. The third-order valence-corrected chi connectivity index (χ3v) is 6.54. The van der Waals surface area contributed by atoms with E-state index in [4.69, 9.17) is 8.94 Å². The van der Waals surface area contributed by atoms with Gasteiger partial charge in [0.1, 0.15) is 11.3 Å². The van der Waals surface area contributed by atoms with Crippen LogP contribution in [0.5, 0.6) is 0 Å². The second kappa shape index (κ2) is 8.06. The van der Waals surface area contributed by atoms with E-state index in [1.165, 1.54) is 0 Å². The summed E-state index contributed by atoms with van der Waals surface area (Å²) in [5.41, 5.74) is 4.39. The van der Waals surface area contributed by atoms with Gasteiger partial charge < -0.3 is 24.3 Å². The molecule has 1 aliphatic heterocycles. The van der Waals surface area contributed by atoms with Crippen LogP contribution in [0.25, 0.3) is 22.2 Å². The maximum Gasteiger partial charge on any atom is 0.196 e. The van der Waals surface area contributed by atoms with E-state index in [-0.39, 0.29) is 12.4 Å². The number of carbonyl (C=O) groups excluding carboxylic acids is 1. The van der Waals surface area contributed by atoms with Crippen LogP contribution in [0.1, 0.15) is 21.7 Å². The van der Waals surface area contributed by atoms with Gasteiger partial charge in [-0.05, 0) is 18.2 Å². The van der Waals surface area contributed by atoms with Gasteiger partial charge in [0.2, 0.25) is 0 Å². The standard InChI is InChI=1S/C25H24N4O4/c30-12-11-28-7-9-29(10-8-28)20-14-19(26-15-16-4-3-13-32-16)21-22-23(20)27-33-25(22)18-6-2-1-5-17(18)24(21)31/h1-6,13-14,26,30H,7-12,15H2. The summed E-state index contributed by atoms with van der Waals surface area (Å²) in [5.74, 6) is 1.39. The van der Waals surface area contributed by atoms with Gasteiger partial charge in [0, 0.05) is 49.5 Å². The molecule has 1 aliphatic carbocycles. The second-order valence-electron chi connectivity index (χ2n) is 8.41. The van der Waals surface area contributed by atoms with Crippen LogP contribution in [-0.2, 0) is 6.54 Å². The van der Waals surface area contributed by atoms with Crippen molar-refractivity contribution < 1.29 is 18.8 Å². The molecule has 0 spiro atoms. The molecule has 6 rings (SSSR count). The zero-order valence-electron chi connectivity index (χ0n) is 18.1. The molecule has 1 fully saturated rings. The van der Waals surface area contributed by atoms with Crippen molar-refractivity contribution in [3.63, 3.8) is 0 Å². The van der Waals surface area contributed by atoms with Crippen LogP contribution >= 0.6 is 0 Å². The molecule has 2 aromatic carbocycles. The van der Waals surface area contributed by atoms with Crippen molar-refractivity contribution in [2.45, 2.75) is 6.54 Å². The van der Waals surface area contributed by atoms with Crippen LogP contribution in [-0.4, -0.2) is 60.3 Å². The van der Waals surface area contributed by atoms with Crippen molar-refractivity contribution in [2.24, 2.45) is 0 Å². The zero-order chi connectivity index (χ0) is 22.4. The monoisotopic (exact) mass is 444 g/mol. The van der Waals surface area contributed by atoms with E-state index in [2.05, 4.69) is 20.3 Å². The SMILES string of the molecule is O=C1c2ccccc2-c2onc3c(N4CCN(CCO)CC4)cc(NCc4ccco4)c1c23. The van der Waals surface area contributed by atoms with Crippen LogP contribution in [0.15, 0.2) is 57.7 Å². The van der Waals surface area contributed by atoms with Gasteiger partial charge in [-0.2, -0.15) is 0 Å². The molecule has 0 saturated carbocycles. The highest BCUT2D eigenvalue weighted by Gasteiger charge is 2.34. The van der Waals surface area contributed by atoms with Gasteiger partial charge >= 0.3 is 0 Å². The van der Waals surface area contributed by atoms with Crippen LogP contribution in [0.4, 0.5) is 11.4 Å². The Labute approximate surface area is 190 Å². The first kappa shape index (κ1) is 20.0. The Balaban J connectivity index is 1.47. The lowest BCUT2D eigenvalue weighted by molar-refractivity contribution is 0.104. The van der Waals surface area contributed by atoms with Crippen molar-refractivity contribution in [1.29, 1.82) is 0 Å². The lowest BCUT2D eigenvalue weighted by Gasteiger charge is -2.36. The Morgan fingerprint density at radius 2 is 1.88 bits per heavy atom. The van der Waals surface area contributed by atoms with E-state index < -0.39 is 0 Å². The van der Waals surface area contributed by atoms with E-state index in [9.17, 15) is 9.90 Å². The van der Waals surface area contributed by atoms with E-state index in [1.54, 1.807) is 6.26 Å². The van der Waals surface area contributed by atoms with Gasteiger partial charge in [-0.3, -0.25) is 9.69 Å². The molecule has 2 aromatic heterocycles. The van der Waals surface area contributed by atoms with Crippen LogP contribution in [0.3, 0.4) is 0 Å².